The summed E-state index contributed by atoms with van der Waals surface area (Å²) in [4.78, 5) is 0. The van der Waals surface area contributed by atoms with Crippen molar-refractivity contribution < 1.29 is 0 Å². The highest BCUT2D eigenvalue weighted by atomic mass is 33.1. The normalized spacial score (nSPS) is 21.0. The number of thiol groups is 2. The van der Waals surface area contributed by atoms with Gasteiger partial charge in [0.1, 0.15) is 0 Å². The largest absolute Gasteiger partial charge is 0.309 e. The quantitative estimate of drug-likeness (QED) is 0.531. The van der Waals surface area contributed by atoms with Gasteiger partial charge in [-0.1, -0.05) is 54.6 Å². The molecule has 1 aliphatic rings. The van der Waals surface area contributed by atoms with Gasteiger partial charge in [-0.25, -0.2) is 0 Å². The third kappa shape index (κ3) is 3.16. The molecule has 0 spiro atoms. The van der Waals surface area contributed by atoms with Crippen LogP contribution >= 0.6 is 23.3 Å². The van der Waals surface area contributed by atoms with Gasteiger partial charge in [0.25, 0.3) is 0 Å². The second kappa shape index (κ2) is 7.04. The van der Waals surface area contributed by atoms with Gasteiger partial charge in [-0.2, -0.15) is 0 Å². The van der Waals surface area contributed by atoms with Gasteiger partial charge in [0.15, 0.2) is 0 Å². The van der Waals surface area contributed by atoms with Crippen LogP contribution in [0.25, 0.3) is 0 Å². The van der Waals surface area contributed by atoms with Crippen LogP contribution in [0.4, 0.5) is 0 Å². The van der Waals surface area contributed by atoms with Crippen LogP contribution in [0.1, 0.15) is 29.5 Å². The zero-order valence-electron chi connectivity index (χ0n) is 11.0. The highest BCUT2D eigenvalue weighted by Crippen LogP contribution is 2.33. The first-order valence-electron chi connectivity index (χ1n) is 6.42. The lowest BCUT2D eigenvalue weighted by Gasteiger charge is -2.32. The molecule has 3 rings (SSSR count). The van der Waals surface area contributed by atoms with Crippen molar-refractivity contribution >= 4 is 23.3 Å². The summed E-state index contributed by atoms with van der Waals surface area (Å²) in [6.45, 7) is 3.26. The van der Waals surface area contributed by atoms with Crippen molar-refractivity contribution in [3.63, 3.8) is 0 Å². The Morgan fingerprint density at radius 3 is 2.32 bits per heavy atom. The van der Waals surface area contributed by atoms with Crippen molar-refractivity contribution in [3.05, 3.63) is 71.3 Å². The van der Waals surface area contributed by atoms with E-state index in [1.807, 2.05) is 0 Å². The fourth-order valence-electron chi connectivity index (χ4n) is 2.79. The van der Waals surface area contributed by atoms with Crippen molar-refractivity contribution in [1.29, 1.82) is 0 Å². The summed E-state index contributed by atoms with van der Waals surface area (Å²) in [5.74, 6) is 0.473. The van der Waals surface area contributed by atoms with Crippen molar-refractivity contribution in [3.8, 4) is 0 Å². The van der Waals surface area contributed by atoms with Crippen LogP contribution in [-0.2, 0) is 6.54 Å². The van der Waals surface area contributed by atoms with Gasteiger partial charge in [0.05, 0.1) is 0 Å². The van der Waals surface area contributed by atoms with Gasteiger partial charge in [0, 0.05) is 18.5 Å². The van der Waals surface area contributed by atoms with Crippen LogP contribution in [0.3, 0.4) is 0 Å². The number of fused-ring (bicyclic) bond motifs is 1. The Labute approximate surface area is 125 Å². The third-order valence-corrected chi connectivity index (χ3v) is 3.66. The lowest BCUT2D eigenvalue weighted by atomic mass is 9.81. The maximum absolute atomic E-state index is 3.59. The van der Waals surface area contributed by atoms with E-state index in [0.29, 0.717) is 12.0 Å². The van der Waals surface area contributed by atoms with Crippen LogP contribution in [0.15, 0.2) is 54.6 Å². The molecule has 1 nitrogen and oxygen atoms in total. The first-order valence-corrected chi connectivity index (χ1v) is 8.02. The Kier molecular flexibility index (Phi) is 5.37. The van der Waals surface area contributed by atoms with E-state index < -0.39 is 0 Å². The van der Waals surface area contributed by atoms with Crippen LogP contribution in [0.5, 0.6) is 0 Å². The maximum atomic E-state index is 3.59. The smallest absolute Gasteiger partial charge is 0.0244 e. The van der Waals surface area contributed by atoms with E-state index in [9.17, 15) is 0 Å². The molecule has 0 saturated carbocycles. The molecule has 0 amide bonds. The molecule has 1 aliphatic heterocycles. The van der Waals surface area contributed by atoms with E-state index in [1.165, 1.54) is 16.7 Å². The zero-order valence-corrected chi connectivity index (χ0v) is 12.7. The summed E-state index contributed by atoms with van der Waals surface area (Å²) in [6, 6.07) is 20.0. The maximum Gasteiger partial charge on any atom is 0.0244 e. The van der Waals surface area contributed by atoms with Crippen LogP contribution in [0, 0.1) is 0 Å². The van der Waals surface area contributed by atoms with Crippen molar-refractivity contribution in [1.82, 2.24) is 5.32 Å². The predicted molar refractivity (Wildman–Crippen MR) is 89.0 cm³/mol. The molecule has 100 valence electrons. The molecule has 1 heterocycles. The SMILES string of the molecule is CC1NCc2ccccc2C1c1ccccc1.SS. The average molecular weight is 289 g/mol. The Hall–Kier alpha value is -0.900. The summed E-state index contributed by atoms with van der Waals surface area (Å²) < 4.78 is 0. The number of rotatable bonds is 1. The fraction of sp³-hybridized carbons (Fsp3) is 0.250. The molecular formula is C16H19NS2. The molecule has 2 aromatic carbocycles. The molecule has 2 unspecified atom stereocenters. The zero-order chi connectivity index (χ0) is 13.7. The van der Waals surface area contributed by atoms with Gasteiger partial charge in [-0.3, -0.25) is 0 Å². The van der Waals surface area contributed by atoms with Crippen LogP contribution < -0.4 is 5.32 Å². The fourth-order valence-corrected chi connectivity index (χ4v) is 2.79. The second-order valence-corrected chi connectivity index (χ2v) is 4.76. The molecular weight excluding hydrogens is 270 g/mol. The van der Waals surface area contributed by atoms with Crippen molar-refractivity contribution in [2.75, 3.05) is 0 Å². The number of hydrogen-bond donors (Lipinski definition) is 3. The molecule has 3 heteroatoms. The van der Waals surface area contributed by atoms with Gasteiger partial charge in [-0.05, 0) is 23.6 Å². The third-order valence-electron chi connectivity index (χ3n) is 3.66. The van der Waals surface area contributed by atoms with Crippen molar-refractivity contribution in [2.24, 2.45) is 0 Å². The van der Waals surface area contributed by atoms with Gasteiger partial charge in [0.2, 0.25) is 0 Å². The summed E-state index contributed by atoms with van der Waals surface area (Å²) in [5.41, 5.74) is 4.31. The summed E-state index contributed by atoms with van der Waals surface area (Å²) in [5, 5.41) is 3.59. The van der Waals surface area contributed by atoms with Gasteiger partial charge in [-0.15, -0.1) is 23.3 Å². The molecule has 0 fully saturated rings. The van der Waals surface area contributed by atoms with Crippen LogP contribution in [-0.4, -0.2) is 6.04 Å². The predicted octanol–water partition coefficient (Wildman–Crippen LogP) is 4.07. The summed E-state index contributed by atoms with van der Waals surface area (Å²) in [6.07, 6.45) is 0. The molecule has 0 saturated heterocycles. The lowest BCUT2D eigenvalue weighted by Crippen LogP contribution is -2.37. The summed E-state index contributed by atoms with van der Waals surface area (Å²) in [7, 11) is 0. The first kappa shape index (κ1) is 14.5. The first-order chi connectivity index (χ1) is 9.36. The summed E-state index contributed by atoms with van der Waals surface area (Å²) >= 11 is 6.44. The van der Waals surface area contributed by atoms with Crippen LogP contribution in [0.2, 0.25) is 0 Å². The Balaban J connectivity index is 0.000000637. The van der Waals surface area contributed by atoms with Gasteiger partial charge < -0.3 is 5.32 Å². The number of nitrogens with one attached hydrogen (secondary N) is 1. The van der Waals surface area contributed by atoms with E-state index in [-0.39, 0.29) is 0 Å². The molecule has 0 radical (unpaired) electrons. The van der Waals surface area contributed by atoms with E-state index in [1.54, 1.807) is 0 Å². The topological polar surface area (TPSA) is 12.0 Å². The minimum absolute atomic E-state index is 0.473. The highest BCUT2D eigenvalue weighted by molar-refractivity contribution is 8.59. The standard InChI is InChI=1S/C16H17N.H2S2/c1-12-16(13-7-3-2-4-8-13)15-10-6-5-9-14(15)11-17-12;1-2/h2-10,12,16-17H,11H2,1H3;1-2H. The monoisotopic (exact) mass is 289 g/mol. The Morgan fingerprint density at radius 1 is 0.947 bits per heavy atom. The Morgan fingerprint density at radius 2 is 1.58 bits per heavy atom. The molecule has 19 heavy (non-hydrogen) atoms. The molecule has 2 atom stereocenters. The number of benzene rings is 2. The average Bonchev–Trinajstić information content (AvgIpc) is 2.50. The Bertz CT molecular complexity index is 513. The molecule has 0 aliphatic carbocycles. The number of hydrogen-bond acceptors (Lipinski definition) is 3. The molecule has 2 aromatic rings. The minimum atomic E-state index is 0.473. The van der Waals surface area contributed by atoms with E-state index in [2.05, 4.69) is 90.2 Å². The highest BCUT2D eigenvalue weighted by Gasteiger charge is 2.26. The van der Waals surface area contributed by atoms with Gasteiger partial charge >= 0.3 is 0 Å². The minimum Gasteiger partial charge on any atom is -0.309 e. The lowest BCUT2D eigenvalue weighted by molar-refractivity contribution is 0.466. The second-order valence-electron chi connectivity index (χ2n) is 4.76. The van der Waals surface area contributed by atoms with Crippen molar-refractivity contribution in [2.45, 2.75) is 25.4 Å². The van der Waals surface area contributed by atoms with E-state index >= 15 is 0 Å². The molecule has 0 aromatic heterocycles. The molecule has 1 N–H and O–H groups in total. The van der Waals surface area contributed by atoms with E-state index in [0.717, 1.165) is 6.54 Å². The van der Waals surface area contributed by atoms with E-state index in [4.69, 9.17) is 0 Å². The molecule has 0 bridgehead atoms.